The number of benzene rings is 8. The van der Waals surface area contributed by atoms with Crippen molar-refractivity contribution in [3.63, 3.8) is 0 Å². The molecule has 8 aromatic carbocycles. The molecule has 3 nitrogen and oxygen atoms in total. The fraction of sp³-hybridized carbons (Fsp3) is 0. The van der Waals surface area contributed by atoms with Gasteiger partial charge < -0.3 is 14.2 Å². The highest BCUT2D eigenvalue weighted by molar-refractivity contribution is 6.06. The van der Waals surface area contributed by atoms with Crippen LogP contribution in [-0.2, 0) is 0 Å². The molecule has 0 unspecified atom stereocenters. The minimum absolute atomic E-state index is 0.910. The van der Waals surface area contributed by atoms with Crippen molar-refractivity contribution in [2.45, 2.75) is 0 Å². The Morgan fingerprint density at radius 1 is 0.255 bits per heavy atom. The molecule has 9 aromatic rings. The van der Waals surface area contributed by atoms with Gasteiger partial charge in [-0.25, -0.2) is 0 Å². The second kappa shape index (κ2) is 13.2. The predicted octanol–water partition coefficient (Wildman–Crippen LogP) is 13.9. The Hall–Kier alpha value is -6.84. The summed E-state index contributed by atoms with van der Waals surface area (Å²) in [5.41, 5.74) is 13.2. The minimum atomic E-state index is 0.910. The number of nitrogens with zero attached hydrogens (tertiary/aromatic N) is 2. The molecule has 0 bridgehead atoms. The summed E-state index contributed by atoms with van der Waals surface area (Å²) in [4.78, 5) is 4.59. The molecule has 0 saturated heterocycles. The second-order valence-corrected chi connectivity index (χ2v) is 12.6. The molecule has 0 spiro atoms. The summed E-state index contributed by atoms with van der Waals surface area (Å²) in [5, 5.41) is 2.28. The fourth-order valence-corrected chi connectivity index (χ4v) is 6.94. The van der Waals surface area contributed by atoms with Crippen molar-refractivity contribution in [1.29, 1.82) is 0 Å². The van der Waals surface area contributed by atoms with Crippen molar-refractivity contribution in [2.24, 2.45) is 0 Å². The zero-order chi connectivity index (χ0) is 34.0. The van der Waals surface area contributed by atoms with E-state index in [1.807, 2.05) is 12.1 Å². The molecule has 0 amide bonds. The van der Waals surface area contributed by atoms with Gasteiger partial charge in [-0.3, -0.25) is 0 Å². The molecule has 0 aliphatic heterocycles. The molecule has 0 radical (unpaired) electrons. The van der Waals surface area contributed by atoms with Gasteiger partial charge in [-0.05, 0) is 113 Å². The van der Waals surface area contributed by atoms with Crippen molar-refractivity contribution in [3.8, 4) is 22.3 Å². The second-order valence-electron chi connectivity index (χ2n) is 12.6. The predicted molar refractivity (Wildman–Crippen MR) is 214 cm³/mol. The van der Waals surface area contributed by atoms with Crippen molar-refractivity contribution < 1.29 is 4.42 Å². The summed E-state index contributed by atoms with van der Waals surface area (Å²) in [6.07, 6.45) is 0. The van der Waals surface area contributed by atoms with E-state index in [9.17, 15) is 0 Å². The summed E-state index contributed by atoms with van der Waals surface area (Å²) in [6.45, 7) is 0. The third kappa shape index (κ3) is 5.92. The summed E-state index contributed by atoms with van der Waals surface area (Å²) in [6, 6.07) is 72.7. The molecule has 0 aliphatic carbocycles. The summed E-state index contributed by atoms with van der Waals surface area (Å²) in [5.74, 6) is 0. The Balaban J connectivity index is 1.01. The molecule has 0 fully saturated rings. The van der Waals surface area contributed by atoms with Crippen LogP contribution in [0.3, 0.4) is 0 Å². The third-order valence-corrected chi connectivity index (χ3v) is 9.46. The number of fused-ring (bicyclic) bond motifs is 3. The van der Waals surface area contributed by atoms with E-state index in [2.05, 4.69) is 204 Å². The molecular formula is C48H34N2O. The van der Waals surface area contributed by atoms with E-state index in [0.717, 1.165) is 67.2 Å². The maximum absolute atomic E-state index is 6.07. The maximum atomic E-state index is 6.07. The highest BCUT2D eigenvalue weighted by Gasteiger charge is 2.15. The van der Waals surface area contributed by atoms with Gasteiger partial charge in [0, 0.05) is 44.9 Å². The first kappa shape index (κ1) is 30.2. The zero-order valence-corrected chi connectivity index (χ0v) is 27.9. The lowest BCUT2D eigenvalue weighted by Crippen LogP contribution is -2.09. The van der Waals surface area contributed by atoms with Gasteiger partial charge in [0.1, 0.15) is 11.2 Å². The molecule has 1 heterocycles. The van der Waals surface area contributed by atoms with Gasteiger partial charge in [0.05, 0.1) is 0 Å². The SMILES string of the molecule is c1ccc(N(c2ccccc2)c2ccc(-c3ccc(N(c4ccccc4)c4ccc(-c5ccc6oc7ccccc7c6c5)cc4)cc3)cc2)cc1. The molecule has 0 N–H and O–H groups in total. The number of anilines is 6. The van der Waals surface area contributed by atoms with E-state index in [0.29, 0.717) is 0 Å². The summed E-state index contributed by atoms with van der Waals surface area (Å²) < 4.78 is 6.07. The highest BCUT2D eigenvalue weighted by atomic mass is 16.3. The van der Waals surface area contributed by atoms with E-state index in [-0.39, 0.29) is 0 Å². The number of furan rings is 1. The van der Waals surface area contributed by atoms with Crippen molar-refractivity contribution in [3.05, 3.63) is 206 Å². The normalized spacial score (nSPS) is 11.1. The minimum Gasteiger partial charge on any atom is -0.456 e. The van der Waals surface area contributed by atoms with Gasteiger partial charge in [0.2, 0.25) is 0 Å². The van der Waals surface area contributed by atoms with E-state index in [1.165, 1.54) is 11.1 Å². The van der Waals surface area contributed by atoms with Crippen LogP contribution in [0.5, 0.6) is 0 Å². The number of para-hydroxylation sites is 4. The summed E-state index contributed by atoms with van der Waals surface area (Å²) in [7, 11) is 0. The molecule has 0 aliphatic rings. The molecule has 242 valence electrons. The molecule has 0 atom stereocenters. The standard InChI is InChI=1S/C48H34N2O/c1-4-12-39(13-5-1)49(40-14-6-2-7-15-40)42-27-20-35(21-28-42)36-22-29-43(30-23-36)50(41-16-8-3-9-17-41)44-31-24-37(25-32-44)38-26-33-48-46(34-38)45-18-10-11-19-47(45)51-48/h1-34H. The Morgan fingerprint density at radius 3 is 1.04 bits per heavy atom. The van der Waals surface area contributed by atoms with Gasteiger partial charge in [-0.2, -0.15) is 0 Å². The first-order valence-electron chi connectivity index (χ1n) is 17.3. The van der Waals surface area contributed by atoms with Crippen molar-refractivity contribution in [1.82, 2.24) is 0 Å². The average Bonchev–Trinajstić information content (AvgIpc) is 3.58. The van der Waals surface area contributed by atoms with Gasteiger partial charge >= 0.3 is 0 Å². The topological polar surface area (TPSA) is 19.6 Å². The Morgan fingerprint density at radius 2 is 0.588 bits per heavy atom. The van der Waals surface area contributed by atoms with Crippen LogP contribution < -0.4 is 9.80 Å². The van der Waals surface area contributed by atoms with Gasteiger partial charge in [-0.1, -0.05) is 115 Å². The van der Waals surface area contributed by atoms with Gasteiger partial charge in [0.25, 0.3) is 0 Å². The maximum Gasteiger partial charge on any atom is 0.135 e. The molecule has 51 heavy (non-hydrogen) atoms. The molecule has 3 heteroatoms. The molecule has 0 saturated carbocycles. The first-order chi connectivity index (χ1) is 25.3. The molecular weight excluding hydrogens is 621 g/mol. The van der Waals surface area contributed by atoms with Crippen LogP contribution in [0.2, 0.25) is 0 Å². The lowest BCUT2D eigenvalue weighted by molar-refractivity contribution is 0.669. The van der Waals surface area contributed by atoms with Crippen LogP contribution in [0.25, 0.3) is 44.2 Å². The third-order valence-electron chi connectivity index (χ3n) is 9.46. The monoisotopic (exact) mass is 654 g/mol. The van der Waals surface area contributed by atoms with Gasteiger partial charge in [-0.15, -0.1) is 0 Å². The molecule has 1 aromatic heterocycles. The number of hydrogen-bond acceptors (Lipinski definition) is 3. The highest BCUT2D eigenvalue weighted by Crippen LogP contribution is 2.39. The fourth-order valence-electron chi connectivity index (χ4n) is 6.94. The van der Waals surface area contributed by atoms with Crippen LogP contribution in [-0.4, -0.2) is 0 Å². The van der Waals surface area contributed by atoms with Crippen LogP contribution in [0.1, 0.15) is 0 Å². The lowest BCUT2D eigenvalue weighted by atomic mass is 10.0. The number of rotatable bonds is 8. The molecule has 9 rings (SSSR count). The van der Waals surface area contributed by atoms with E-state index >= 15 is 0 Å². The van der Waals surface area contributed by atoms with E-state index in [1.54, 1.807) is 0 Å². The van der Waals surface area contributed by atoms with E-state index in [4.69, 9.17) is 4.42 Å². The van der Waals surface area contributed by atoms with Crippen LogP contribution in [0.15, 0.2) is 211 Å². The first-order valence-corrected chi connectivity index (χ1v) is 17.3. The van der Waals surface area contributed by atoms with Gasteiger partial charge in [0.15, 0.2) is 0 Å². The largest absolute Gasteiger partial charge is 0.456 e. The van der Waals surface area contributed by atoms with E-state index < -0.39 is 0 Å². The Labute approximate surface area is 297 Å². The lowest BCUT2D eigenvalue weighted by Gasteiger charge is -2.26. The Bertz CT molecular complexity index is 2500. The van der Waals surface area contributed by atoms with Crippen LogP contribution in [0, 0.1) is 0 Å². The Kier molecular flexibility index (Phi) is 7.84. The van der Waals surface area contributed by atoms with Crippen LogP contribution >= 0.6 is 0 Å². The van der Waals surface area contributed by atoms with Crippen LogP contribution in [0.4, 0.5) is 34.1 Å². The quantitative estimate of drug-likeness (QED) is 0.163. The van der Waals surface area contributed by atoms with Crippen molar-refractivity contribution >= 4 is 56.1 Å². The number of hydrogen-bond donors (Lipinski definition) is 0. The zero-order valence-electron chi connectivity index (χ0n) is 27.9. The average molecular weight is 655 g/mol. The summed E-state index contributed by atoms with van der Waals surface area (Å²) >= 11 is 0. The smallest absolute Gasteiger partial charge is 0.135 e. The van der Waals surface area contributed by atoms with Crippen molar-refractivity contribution in [2.75, 3.05) is 9.80 Å².